The number of nitrogens with one attached hydrogen (secondary N) is 1. The number of anilines is 1. The Morgan fingerprint density at radius 2 is 2.12 bits per heavy atom. The van der Waals surface area contributed by atoms with Crippen molar-refractivity contribution in [2.24, 2.45) is 5.41 Å². The van der Waals surface area contributed by atoms with Crippen LogP contribution < -0.4 is 5.32 Å². The van der Waals surface area contributed by atoms with Gasteiger partial charge >= 0.3 is 0 Å². The molecule has 1 aromatic rings. The van der Waals surface area contributed by atoms with Gasteiger partial charge in [0.1, 0.15) is 0 Å². The highest BCUT2D eigenvalue weighted by Gasteiger charge is 2.48. The Morgan fingerprint density at radius 3 is 2.71 bits per heavy atom. The molecule has 1 fully saturated rings. The average Bonchev–Trinajstić information content (AvgIpc) is 2.30. The molecule has 1 aliphatic rings. The second kappa shape index (κ2) is 4.99. The van der Waals surface area contributed by atoms with Crippen LogP contribution in [0.5, 0.6) is 0 Å². The first kappa shape index (κ1) is 12.9. The second-order valence-corrected chi connectivity index (χ2v) is 6.03. The van der Waals surface area contributed by atoms with E-state index in [-0.39, 0.29) is 5.41 Å². The Labute approximate surface area is 112 Å². The molecule has 2 rings (SSSR count). The van der Waals surface area contributed by atoms with E-state index in [0.717, 1.165) is 17.5 Å². The van der Waals surface area contributed by atoms with Gasteiger partial charge in [0.15, 0.2) is 0 Å². The van der Waals surface area contributed by atoms with E-state index < -0.39 is 0 Å². The summed E-state index contributed by atoms with van der Waals surface area (Å²) in [5, 5.41) is 3.60. The molecule has 1 saturated carbocycles. The van der Waals surface area contributed by atoms with Crippen LogP contribution >= 0.6 is 15.9 Å². The van der Waals surface area contributed by atoms with E-state index in [2.05, 4.69) is 60.2 Å². The minimum absolute atomic E-state index is 0.200. The summed E-state index contributed by atoms with van der Waals surface area (Å²) in [6, 6.07) is 8.74. The normalized spacial score (nSPS) is 26.4. The molecule has 1 aliphatic carbocycles. The van der Waals surface area contributed by atoms with E-state index in [9.17, 15) is 0 Å². The van der Waals surface area contributed by atoms with Gasteiger partial charge < -0.3 is 10.1 Å². The van der Waals surface area contributed by atoms with E-state index in [1.165, 1.54) is 5.69 Å². The molecule has 2 nitrogen and oxygen atoms in total. The Morgan fingerprint density at radius 1 is 1.41 bits per heavy atom. The third-order valence-corrected chi connectivity index (χ3v) is 4.44. The summed E-state index contributed by atoms with van der Waals surface area (Å²) in [5.41, 5.74) is 1.37. The third kappa shape index (κ3) is 2.50. The summed E-state index contributed by atoms with van der Waals surface area (Å²) < 4.78 is 6.86. The number of hydrogen-bond acceptors (Lipinski definition) is 2. The molecule has 0 amide bonds. The lowest BCUT2D eigenvalue weighted by Crippen LogP contribution is -2.58. The fourth-order valence-electron chi connectivity index (χ4n) is 2.38. The summed E-state index contributed by atoms with van der Waals surface area (Å²) in [5.74, 6) is 0. The van der Waals surface area contributed by atoms with Gasteiger partial charge in [-0.1, -0.05) is 26.0 Å². The molecule has 0 spiro atoms. The molecule has 3 heteroatoms. The molecular weight excluding hydrogens is 278 g/mol. The van der Waals surface area contributed by atoms with E-state index in [0.29, 0.717) is 12.1 Å². The zero-order valence-electron chi connectivity index (χ0n) is 10.7. The molecule has 0 saturated heterocycles. The molecule has 1 aromatic carbocycles. The fraction of sp³-hybridized carbons (Fsp3) is 0.571. The van der Waals surface area contributed by atoms with E-state index in [1.807, 2.05) is 6.07 Å². The Bertz CT molecular complexity index is 392. The van der Waals surface area contributed by atoms with Crippen LogP contribution in [0.3, 0.4) is 0 Å². The van der Waals surface area contributed by atoms with Crippen LogP contribution in [0.15, 0.2) is 28.7 Å². The van der Waals surface area contributed by atoms with E-state index >= 15 is 0 Å². The highest BCUT2D eigenvalue weighted by Crippen LogP contribution is 2.44. The van der Waals surface area contributed by atoms with Crippen LogP contribution in [0.25, 0.3) is 0 Å². The van der Waals surface area contributed by atoms with Crippen LogP contribution in [0.4, 0.5) is 5.69 Å². The second-order valence-electron chi connectivity index (χ2n) is 5.18. The highest BCUT2D eigenvalue weighted by atomic mass is 79.9. The van der Waals surface area contributed by atoms with Crippen LogP contribution in [0, 0.1) is 5.41 Å². The number of ether oxygens (including phenoxy) is 1. The first-order chi connectivity index (χ1) is 8.05. The summed E-state index contributed by atoms with van der Waals surface area (Å²) >= 11 is 3.57. The van der Waals surface area contributed by atoms with Crippen molar-refractivity contribution in [1.29, 1.82) is 0 Å². The molecule has 17 heavy (non-hydrogen) atoms. The molecule has 0 aliphatic heterocycles. The van der Waals surface area contributed by atoms with Crippen LogP contribution in [0.2, 0.25) is 0 Å². The van der Waals surface area contributed by atoms with E-state index in [4.69, 9.17) is 4.74 Å². The molecular formula is C14H20BrNO. The quantitative estimate of drug-likeness (QED) is 0.905. The topological polar surface area (TPSA) is 21.3 Å². The summed E-state index contributed by atoms with van der Waals surface area (Å²) in [6.07, 6.45) is 1.47. The minimum atomic E-state index is 0.200. The van der Waals surface area contributed by atoms with E-state index in [1.54, 1.807) is 0 Å². The van der Waals surface area contributed by atoms with Crippen molar-refractivity contribution in [2.45, 2.75) is 39.3 Å². The molecule has 0 radical (unpaired) electrons. The molecule has 0 bridgehead atoms. The van der Waals surface area contributed by atoms with Gasteiger partial charge in [0, 0.05) is 28.2 Å². The maximum absolute atomic E-state index is 5.74. The largest absolute Gasteiger partial charge is 0.381 e. The number of para-hydroxylation sites is 1. The average molecular weight is 298 g/mol. The van der Waals surface area contributed by atoms with Crippen LogP contribution in [-0.4, -0.2) is 18.8 Å². The van der Waals surface area contributed by atoms with Gasteiger partial charge in [0.05, 0.1) is 6.10 Å². The Hall–Kier alpha value is -0.540. The number of rotatable bonds is 4. The zero-order chi connectivity index (χ0) is 12.5. The Balaban J connectivity index is 2.01. The lowest BCUT2D eigenvalue weighted by Gasteiger charge is -2.52. The van der Waals surface area contributed by atoms with Gasteiger partial charge in [-0.05, 0) is 41.4 Å². The third-order valence-electron chi connectivity index (χ3n) is 3.75. The predicted octanol–water partition coefficient (Wildman–Crippen LogP) is 4.06. The van der Waals surface area contributed by atoms with Gasteiger partial charge in [0.25, 0.3) is 0 Å². The molecule has 94 valence electrons. The smallest absolute Gasteiger partial charge is 0.0665 e. The van der Waals surface area contributed by atoms with Gasteiger partial charge in [-0.3, -0.25) is 0 Å². The Kier molecular flexibility index (Phi) is 3.79. The van der Waals surface area contributed by atoms with Crippen molar-refractivity contribution in [2.75, 3.05) is 11.9 Å². The summed E-state index contributed by atoms with van der Waals surface area (Å²) in [7, 11) is 0. The monoisotopic (exact) mass is 297 g/mol. The van der Waals surface area contributed by atoms with Crippen molar-refractivity contribution in [3.63, 3.8) is 0 Å². The maximum Gasteiger partial charge on any atom is 0.0665 e. The fourth-order valence-corrected chi connectivity index (χ4v) is 2.78. The molecule has 0 heterocycles. The van der Waals surface area contributed by atoms with Gasteiger partial charge in [-0.15, -0.1) is 0 Å². The van der Waals surface area contributed by atoms with Crippen LogP contribution in [0.1, 0.15) is 27.2 Å². The van der Waals surface area contributed by atoms with Gasteiger partial charge in [-0.2, -0.15) is 0 Å². The first-order valence-corrected chi connectivity index (χ1v) is 6.97. The SMILES string of the molecule is CCOC1CC(Nc2ccccc2Br)C1(C)C. The van der Waals surface area contributed by atoms with Gasteiger partial charge in [0.2, 0.25) is 0 Å². The number of benzene rings is 1. The first-order valence-electron chi connectivity index (χ1n) is 6.18. The zero-order valence-corrected chi connectivity index (χ0v) is 12.3. The molecule has 0 aromatic heterocycles. The standard InChI is InChI=1S/C14H20BrNO/c1-4-17-13-9-12(14(13,2)3)16-11-8-6-5-7-10(11)15/h5-8,12-13,16H,4,9H2,1-3H3. The minimum Gasteiger partial charge on any atom is -0.381 e. The van der Waals surface area contributed by atoms with Crippen molar-refractivity contribution in [3.05, 3.63) is 28.7 Å². The molecule has 1 N–H and O–H groups in total. The van der Waals surface area contributed by atoms with Crippen molar-refractivity contribution in [3.8, 4) is 0 Å². The number of hydrogen-bond donors (Lipinski definition) is 1. The molecule has 2 unspecified atom stereocenters. The predicted molar refractivity (Wildman–Crippen MR) is 75.4 cm³/mol. The van der Waals surface area contributed by atoms with Crippen molar-refractivity contribution >= 4 is 21.6 Å². The van der Waals surface area contributed by atoms with Gasteiger partial charge in [-0.25, -0.2) is 0 Å². The maximum atomic E-state index is 5.74. The summed E-state index contributed by atoms with van der Waals surface area (Å²) in [6.45, 7) is 7.40. The highest BCUT2D eigenvalue weighted by molar-refractivity contribution is 9.10. The van der Waals surface area contributed by atoms with Crippen molar-refractivity contribution in [1.82, 2.24) is 0 Å². The lowest BCUT2D eigenvalue weighted by molar-refractivity contribution is -0.0976. The molecule has 2 atom stereocenters. The van der Waals surface area contributed by atoms with Crippen molar-refractivity contribution < 1.29 is 4.74 Å². The number of halogens is 1. The van der Waals surface area contributed by atoms with Crippen LogP contribution in [-0.2, 0) is 4.74 Å². The lowest BCUT2D eigenvalue weighted by atomic mass is 9.64. The summed E-state index contributed by atoms with van der Waals surface area (Å²) in [4.78, 5) is 0.